The smallest absolute Gasteiger partial charge is 0.325 e. The number of nitrogens with two attached hydrogens (primary N) is 1. The lowest BCUT2D eigenvalue weighted by atomic mass is 9.95. The second-order valence-electron chi connectivity index (χ2n) is 5.63. The van der Waals surface area contributed by atoms with E-state index in [9.17, 15) is 4.79 Å². The molecular weight excluding hydrogens is 228 g/mol. The molecule has 106 valence electrons. The topological polar surface area (TPSA) is 55.6 Å². The van der Waals surface area contributed by atoms with Crippen molar-refractivity contribution in [2.24, 2.45) is 5.73 Å². The first-order valence-electron chi connectivity index (χ1n) is 7.12. The largest absolute Gasteiger partial charge is 0.468 e. The van der Waals surface area contributed by atoms with Crippen molar-refractivity contribution in [3.63, 3.8) is 0 Å². The highest BCUT2D eigenvalue weighted by Gasteiger charge is 2.31. The first kappa shape index (κ1) is 15.4. The zero-order valence-electron chi connectivity index (χ0n) is 12.1. The molecule has 1 heterocycles. The fraction of sp³-hybridized carbons (Fsp3) is 0.929. The summed E-state index contributed by atoms with van der Waals surface area (Å²) in [6.07, 6.45) is 7.02. The number of rotatable bonds is 6. The van der Waals surface area contributed by atoms with E-state index in [4.69, 9.17) is 10.5 Å². The molecule has 1 aliphatic heterocycles. The highest BCUT2D eigenvalue weighted by molar-refractivity contribution is 5.79. The van der Waals surface area contributed by atoms with Crippen LogP contribution < -0.4 is 5.73 Å². The molecule has 0 radical (unpaired) electrons. The standard InChI is InChI=1S/C14H28N2O2/c1-4-7-12-8-5-6-10-16(12)11-9-14(2,15)13(17)18-3/h12H,4-11,15H2,1-3H3. The van der Waals surface area contributed by atoms with Crippen molar-refractivity contribution in [2.75, 3.05) is 20.2 Å². The summed E-state index contributed by atoms with van der Waals surface area (Å²) < 4.78 is 4.75. The van der Waals surface area contributed by atoms with Crippen molar-refractivity contribution < 1.29 is 9.53 Å². The average Bonchev–Trinajstić information content (AvgIpc) is 2.37. The molecule has 1 saturated heterocycles. The Morgan fingerprint density at radius 2 is 2.22 bits per heavy atom. The molecule has 0 spiro atoms. The molecule has 0 aromatic rings. The summed E-state index contributed by atoms with van der Waals surface area (Å²) in [6.45, 7) is 6.03. The highest BCUT2D eigenvalue weighted by Crippen LogP contribution is 2.22. The van der Waals surface area contributed by atoms with Gasteiger partial charge in [0.2, 0.25) is 0 Å². The summed E-state index contributed by atoms with van der Waals surface area (Å²) in [6, 6.07) is 0.678. The fourth-order valence-corrected chi connectivity index (χ4v) is 2.73. The van der Waals surface area contributed by atoms with Gasteiger partial charge in [-0.05, 0) is 39.2 Å². The number of likely N-dealkylation sites (tertiary alicyclic amines) is 1. The van der Waals surface area contributed by atoms with E-state index in [0.717, 1.165) is 13.1 Å². The molecule has 1 rings (SSSR count). The molecule has 1 aliphatic rings. The zero-order valence-corrected chi connectivity index (χ0v) is 12.1. The van der Waals surface area contributed by atoms with Crippen LogP contribution in [-0.4, -0.2) is 42.6 Å². The molecule has 0 aliphatic carbocycles. The van der Waals surface area contributed by atoms with Crippen LogP contribution in [0.3, 0.4) is 0 Å². The molecule has 0 amide bonds. The summed E-state index contributed by atoms with van der Waals surface area (Å²) in [5.41, 5.74) is 5.15. The summed E-state index contributed by atoms with van der Waals surface area (Å²) >= 11 is 0. The van der Waals surface area contributed by atoms with Gasteiger partial charge in [0.25, 0.3) is 0 Å². The molecule has 0 saturated carbocycles. The Labute approximate surface area is 111 Å². The van der Waals surface area contributed by atoms with Crippen LogP contribution in [-0.2, 0) is 9.53 Å². The molecule has 4 heteroatoms. The van der Waals surface area contributed by atoms with Crippen LogP contribution >= 0.6 is 0 Å². The van der Waals surface area contributed by atoms with Crippen LogP contribution in [0.1, 0.15) is 52.4 Å². The molecule has 0 bridgehead atoms. The van der Waals surface area contributed by atoms with E-state index in [0.29, 0.717) is 12.5 Å². The minimum absolute atomic E-state index is 0.313. The van der Waals surface area contributed by atoms with Crippen molar-refractivity contribution in [3.8, 4) is 0 Å². The monoisotopic (exact) mass is 256 g/mol. The van der Waals surface area contributed by atoms with Crippen LogP contribution in [0.15, 0.2) is 0 Å². The lowest BCUT2D eigenvalue weighted by Crippen LogP contribution is -2.50. The summed E-state index contributed by atoms with van der Waals surface area (Å²) in [5.74, 6) is -0.313. The summed E-state index contributed by atoms with van der Waals surface area (Å²) in [4.78, 5) is 14.0. The maximum atomic E-state index is 11.5. The summed E-state index contributed by atoms with van der Waals surface area (Å²) in [5, 5.41) is 0. The molecule has 2 unspecified atom stereocenters. The Morgan fingerprint density at radius 1 is 1.50 bits per heavy atom. The number of carbonyl (C=O) groups excluding carboxylic acids is 1. The number of hydrogen-bond donors (Lipinski definition) is 1. The van der Waals surface area contributed by atoms with Crippen molar-refractivity contribution in [1.82, 2.24) is 4.90 Å². The Balaban J connectivity index is 2.47. The molecule has 18 heavy (non-hydrogen) atoms. The molecule has 0 aromatic heterocycles. The normalized spacial score (nSPS) is 24.6. The van der Waals surface area contributed by atoms with Crippen molar-refractivity contribution in [3.05, 3.63) is 0 Å². The van der Waals surface area contributed by atoms with Gasteiger partial charge >= 0.3 is 5.97 Å². The first-order chi connectivity index (χ1) is 8.51. The highest BCUT2D eigenvalue weighted by atomic mass is 16.5. The molecule has 2 N–H and O–H groups in total. The summed E-state index contributed by atoms with van der Waals surface area (Å²) in [7, 11) is 1.40. The Morgan fingerprint density at radius 3 is 2.83 bits per heavy atom. The second-order valence-corrected chi connectivity index (χ2v) is 5.63. The number of piperidine rings is 1. The van der Waals surface area contributed by atoms with E-state index in [2.05, 4.69) is 11.8 Å². The van der Waals surface area contributed by atoms with Crippen LogP contribution in [0.5, 0.6) is 0 Å². The van der Waals surface area contributed by atoms with E-state index in [1.807, 2.05) is 0 Å². The van der Waals surface area contributed by atoms with Gasteiger partial charge in [0.1, 0.15) is 5.54 Å². The molecule has 0 aromatic carbocycles. The number of nitrogens with zero attached hydrogens (tertiary/aromatic N) is 1. The second kappa shape index (κ2) is 7.10. The van der Waals surface area contributed by atoms with Crippen molar-refractivity contribution >= 4 is 5.97 Å². The average molecular weight is 256 g/mol. The third-order valence-corrected chi connectivity index (χ3v) is 3.94. The fourth-order valence-electron chi connectivity index (χ4n) is 2.73. The molecule has 2 atom stereocenters. The van der Waals surface area contributed by atoms with Crippen LogP contribution in [0.25, 0.3) is 0 Å². The van der Waals surface area contributed by atoms with E-state index < -0.39 is 5.54 Å². The van der Waals surface area contributed by atoms with Gasteiger partial charge in [-0.15, -0.1) is 0 Å². The number of ether oxygens (including phenoxy) is 1. The Kier molecular flexibility index (Phi) is 6.09. The van der Waals surface area contributed by atoms with Gasteiger partial charge in [0.15, 0.2) is 0 Å². The van der Waals surface area contributed by atoms with E-state index in [1.165, 1.54) is 39.2 Å². The lowest BCUT2D eigenvalue weighted by molar-refractivity contribution is -0.146. The lowest BCUT2D eigenvalue weighted by Gasteiger charge is -2.37. The van der Waals surface area contributed by atoms with E-state index in [1.54, 1.807) is 6.92 Å². The number of methoxy groups -OCH3 is 1. The van der Waals surface area contributed by atoms with Crippen LogP contribution in [0.2, 0.25) is 0 Å². The maximum absolute atomic E-state index is 11.5. The van der Waals surface area contributed by atoms with E-state index >= 15 is 0 Å². The van der Waals surface area contributed by atoms with Crippen LogP contribution in [0, 0.1) is 0 Å². The van der Waals surface area contributed by atoms with Gasteiger partial charge in [-0.1, -0.05) is 19.8 Å². The molecule has 1 fully saturated rings. The molecular formula is C14H28N2O2. The van der Waals surface area contributed by atoms with Gasteiger partial charge in [0, 0.05) is 12.6 Å². The minimum atomic E-state index is -0.858. The maximum Gasteiger partial charge on any atom is 0.325 e. The van der Waals surface area contributed by atoms with Gasteiger partial charge < -0.3 is 15.4 Å². The van der Waals surface area contributed by atoms with Gasteiger partial charge in [-0.2, -0.15) is 0 Å². The molecule has 4 nitrogen and oxygen atoms in total. The quantitative estimate of drug-likeness (QED) is 0.738. The van der Waals surface area contributed by atoms with Crippen LogP contribution in [0.4, 0.5) is 0 Å². The Hall–Kier alpha value is -0.610. The Bertz CT molecular complexity index is 265. The van der Waals surface area contributed by atoms with Gasteiger partial charge in [-0.3, -0.25) is 4.79 Å². The predicted octanol–water partition coefficient (Wildman–Crippen LogP) is 1.92. The van der Waals surface area contributed by atoms with Crippen molar-refractivity contribution in [2.45, 2.75) is 64.0 Å². The number of esters is 1. The SMILES string of the molecule is CCCC1CCCCN1CCC(C)(N)C(=O)OC. The third kappa shape index (κ3) is 4.25. The van der Waals surface area contributed by atoms with Gasteiger partial charge in [-0.25, -0.2) is 0 Å². The van der Waals surface area contributed by atoms with E-state index in [-0.39, 0.29) is 5.97 Å². The first-order valence-corrected chi connectivity index (χ1v) is 7.12. The third-order valence-electron chi connectivity index (χ3n) is 3.94. The number of hydrogen-bond acceptors (Lipinski definition) is 4. The predicted molar refractivity (Wildman–Crippen MR) is 73.3 cm³/mol. The minimum Gasteiger partial charge on any atom is -0.468 e. The van der Waals surface area contributed by atoms with Gasteiger partial charge in [0.05, 0.1) is 7.11 Å². The zero-order chi connectivity index (χ0) is 13.6. The number of carbonyl (C=O) groups is 1. The van der Waals surface area contributed by atoms with Crippen molar-refractivity contribution in [1.29, 1.82) is 0 Å².